The molecule has 0 atom stereocenters. The molecule has 1 aliphatic rings. The average molecular weight is 352 g/mol. The van der Waals surface area contributed by atoms with Gasteiger partial charge in [-0.15, -0.1) is 12.4 Å². The molecule has 1 fully saturated rings. The lowest BCUT2D eigenvalue weighted by molar-refractivity contribution is 0.0358. The van der Waals surface area contributed by atoms with E-state index in [4.69, 9.17) is 4.74 Å². The van der Waals surface area contributed by atoms with Crippen molar-refractivity contribution >= 4 is 12.4 Å². The molecule has 0 radical (unpaired) electrons. The van der Waals surface area contributed by atoms with Gasteiger partial charge >= 0.3 is 0 Å². The highest BCUT2D eigenvalue weighted by molar-refractivity contribution is 5.85. The molecular weight excluding hydrogens is 330 g/mol. The molecule has 0 unspecified atom stereocenters. The van der Waals surface area contributed by atoms with Gasteiger partial charge in [0.2, 0.25) is 0 Å². The van der Waals surface area contributed by atoms with Gasteiger partial charge in [0.1, 0.15) is 5.75 Å². The maximum absolute atomic E-state index is 12.3. The fourth-order valence-electron chi connectivity index (χ4n) is 2.69. The zero-order valence-electron chi connectivity index (χ0n) is 13.6. The Morgan fingerprint density at radius 1 is 1.21 bits per heavy atom. The van der Waals surface area contributed by atoms with Crippen molar-refractivity contribution in [2.75, 3.05) is 32.8 Å². The van der Waals surface area contributed by atoms with Gasteiger partial charge in [0.15, 0.2) is 0 Å². The topological polar surface area (TPSA) is 67.6 Å². The third-order valence-electron chi connectivity index (χ3n) is 4.03. The Morgan fingerprint density at radius 3 is 2.67 bits per heavy atom. The second-order valence-electron chi connectivity index (χ2n) is 5.75. The van der Waals surface area contributed by atoms with Crippen LogP contribution < -0.4 is 5.56 Å². The minimum Gasteiger partial charge on any atom is -0.508 e. The molecular formula is C17H22ClN3O3. The highest BCUT2D eigenvalue weighted by Gasteiger charge is 2.12. The molecule has 130 valence electrons. The smallest absolute Gasteiger partial charge is 0.269 e. The molecule has 24 heavy (non-hydrogen) atoms. The number of aromatic nitrogens is 2. The lowest BCUT2D eigenvalue weighted by atomic mass is 10.1. The van der Waals surface area contributed by atoms with Crippen molar-refractivity contribution in [3.8, 4) is 17.0 Å². The van der Waals surface area contributed by atoms with Crippen LogP contribution in [-0.4, -0.2) is 52.6 Å². The van der Waals surface area contributed by atoms with Crippen LogP contribution in [0.3, 0.4) is 0 Å². The molecule has 1 aromatic carbocycles. The van der Waals surface area contributed by atoms with Gasteiger partial charge in [0, 0.05) is 30.8 Å². The predicted octanol–water partition coefficient (Wildman–Crippen LogP) is 1.68. The van der Waals surface area contributed by atoms with Crippen molar-refractivity contribution in [2.24, 2.45) is 0 Å². The van der Waals surface area contributed by atoms with Crippen molar-refractivity contribution in [3.63, 3.8) is 0 Å². The fourth-order valence-corrected chi connectivity index (χ4v) is 2.69. The summed E-state index contributed by atoms with van der Waals surface area (Å²) in [4.78, 5) is 14.6. The second kappa shape index (κ2) is 8.28. The summed E-state index contributed by atoms with van der Waals surface area (Å²) in [6, 6.07) is 8.68. The molecule has 1 aliphatic heterocycles. The lowest BCUT2D eigenvalue weighted by Crippen LogP contribution is -2.40. The van der Waals surface area contributed by atoms with Crippen molar-refractivity contribution < 1.29 is 9.84 Å². The maximum atomic E-state index is 12.3. The highest BCUT2D eigenvalue weighted by atomic mass is 35.5. The number of nitrogens with zero attached hydrogens (tertiary/aromatic N) is 3. The number of hydrogen-bond acceptors (Lipinski definition) is 5. The average Bonchev–Trinajstić information content (AvgIpc) is 2.57. The Kier molecular flexibility index (Phi) is 6.36. The number of rotatable bonds is 4. The minimum absolute atomic E-state index is 0. The van der Waals surface area contributed by atoms with E-state index in [-0.39, 0.29) is 23.7 Å². The van der Waals surface area contributed by atoms with Crippen LogP contribution in [-0.2, 0) is 11.3 Å². The first-order valence-electron chi connectivity index (χ1n) is 7.82. The molecule has 2 aromatic rings. The summed E-state index contributed by atoms with van der Waals surface area (Å²) >= 11 is 0. The third-order valence-corrected chi connectivity index (χ3v) is 4.03. The van der Waals surface area contributed by atoms with E-state index in [9.17, 15) is 9.90 Å². The Morgan fingerprint density at radius 2 is 1.96 bits per heavy atom. The number of morpholine rings is 1. The second-order valence-corrected chi connectivity index (χ2v) is 5.75. The molecule has 2 heterocycles. The summed E-state index contributed by atoms with van der Waals surface area (Å²) in [7, 11) is 0. The number of hydrogen-bond donors (Lipinski definition) is 1. The van der Waals surface area contributed by atoms with E-state index >= 15 is 0 Å². The van der Waals surface area contributed by atoms with E-state index in [1.54, 1.807) is 31.2 Å². The summed E-state index contributed by atoms with van der Waals surface area (Å²) in [6.45, 7) is 6.38. The van der Waals surface area contributed by atoms with Crippen LogP contribution in [0.25, 0.3) is 11.3 Å². The van der Waals surface area contributed by atoms with Crippen LogP contribution in [0.5, 0.6) is 5.75 Å². The van der Waals surface area contributed by atoms with E-state index in [0.717, 1.165) is 38.4 Å². The standard InChI is InChI=1S/C17H21N3O3.ClH/c1-13-11-16(14-3-2-4-15(21)12-14)18-20(17(13)22)6-5-19-7-9-23-10-8-19;/h2-4,11-12,21H,5-10H2,1H3;1H. The monoisotopic (exact) mass is 351 g/mol. The molecule has 0 amide bonds. The number of phenols is 1. The van der Waals surface area contributed by atoms with E-state index in [0.29, 0.717) is 17.8 Å². The number of halogens is 1. The number of aryl methyl sites for hydroxylation is 1. The van der Waals surface area contributed by atoms with Gasteiger partial charge < -0.3 is 9.84 Å². The van der Waals surface area contributed by atoms with Gasteiger partial charge in [0.25, 0.3) is 5.56 Å². The van der Waals surface area contributed by atoms with E-state index in [2.05, 4.69) is 10.00 Å². The van der Waals surface area contributed by atoms with Crippen molar-refractivity contribution in [1.82, 2.24) is 14.7 Å². The first kappa shape index (κ1) is 18.4. The van der Waals surface area contributed by atoms with Gasteiger partial charge in [-0.25, -0.2) is 4.68 Å². The molecule has 1 N–H and O–H groups in total. The summed E-state index contributed by atoms with van der Waals surface area (Å²) in [5.74, 6) is 0.188. The van der Waals surface area contributed by atoms with Gasteiger partial charge in [-0.3, -0.25) is 9.69 Å². The van der Waals surface area contributed by atoms with Crippen LogP contribution in [0, 0.1) is 6.92 Å². The van der Waals surface area contributed by atoms with E-state index in [1.165, 1.54) is 4.68 Å². The zero-order valence-corrected chi connectivity index (χ0v) is 14.5. The van der Waals surface area contributed by atoms with Gasteiger partial charge in [-0.2, -0.15) is 5.10 Å². The highest BCUT2D eigenvalue weighted by Crippen LogP contribution is 2.21. The number of benzene rings is 1. The first-order chi connectivity index (χ1) is 11.1. The van der Waals surface area contributed by atoms with Gasteiger partial charge in [0.05, 0.1) is 25.5 Å². The molecule has 0 saturated carbocycles. The minimum atomic E-state index is -0.0674. The molecule has 0 bridgehead atoms. The van der Waals surface area contributed by atoms with Crippen LogP contribution in [0.4, 0.5) is 0 Å². The predicted molar refractivity (Wildman–Crippen MR) is 94.8 cm³/mol. The normalized spacial score (nSPS) is 15.0. The first-order valence-corrected chi connectivity index (χ1v) is 7.82. The summed E-state index contributed by atoms with van der Waals surface area (Å²) in [6.07, 6.45) is 0. The Bertz CT molecular complexity index is 742. The number of phenolic OH excluding ortho intramolecular Hbond substituents is 1. The molecule has 0 spiro atoms. The Balaban J connectivity index is 0.00000208. The molecule has 6 nitrogen and oxygen atoms in total. The Hall–Kier alpha value is -1.89. The van der Waals surface area contributed by atoms with Gasteiger partial charge in [-0.05, 0) is 25.1 Å². The lowest BCUT2D eigenvalue weighted by Gasteiger charge is -2.26. The van der Waals surface area contributed by atoms with Crippen LogP contribution >= 0.6 is 12.4 Å². The van der Waals surface area contributed by atoms with Crippen LogP contribution in [0.1, 0.15) is 5.56 Å². The van der Waals surface area contributed by atoms with Crippen LogP contribution in [0.2, 0.25) is 0 Å². The van der Waals surface area contributed by atoms with E-state index in [1.807, 2.05) is 6.07 Å². The molecule has 0 aliphatic carbocycles. The molecule has 7 heteroatoms. The van der Waals surface area contributed by atoms with Crippen molar-refractivity contribution in [3.05, 3.63) is 46.2 Å². The van der Waals surface area contributed by atoms with Crippen molar-refractivity contribution in [2.45, 2.75) is 13.5 Å². The molecule has 3 rings (SSSR count). The van der Waals surface area contributed by atoms with Gasteiger partial charge in [-0.1, -0.05) is 12.1 Å². The number of aromatic hydroxyl groups is 1. The van der Waals surface area contributed by atoms with Crippen molar-refractivity contribution in [1.29, 1.82) is 0 Å². The molecule has 1 saturated heterocycles. The van der Waals surface area contributed by atoms with Crippen LogP contribution in [0.15, 0.2) is 35.1 Å². The quantitative estimate of drug-likeness (QED) is 0.907. The summed E-state index contributed by atoms with van der Waals surface area (Å²) in [5.41, 5.74) is 2.08. The third kappa shape index (κ3) is 4.35. The maximum Gasteiger partial charge on any atom is 0.269 e. The fraction of sp³-hybridized carbons (Fsp3) is 0.412. The summed E-state index contributed by atoms with van der Waals surface area (Å²) < 4.78 is 6.85. The zero-order chi connectivity index (χ0) is 16.2. The van der Waals surface area contributed by atoms with E-state index < -0.39 is 0 Å². The summed E-state index contributed by atoms with van der Waals surface area (Å²) in [5, 5.41) is 14.1. The molecule has 1 aromatic heterocycles. The Labute approximate surface area is 147 Å². The SMILES string of the molecule is Cc1cc(-c2cccc(O)c2)nn(CCN2CCOCC2)c1=O.Cl. The number of ether oxygens (including phenoxy) is 1. The largest absolute Gasteiger partial charge is 0.508 e.